The van der Waals surface area contributed by atoms with Crippen LogP contribution in [0.15, 0.2) is 0 Å². The Morgan fingerprint density at radius 1 is 1.39 bits per heavy atom. The van der Waals surface area contributed by atoms with Crippen molar-refractivity contribution in [1.82, 2.24) is 4.90 Å². The maximum absolute atomic E-state index is 12.4. The van der Waals surface area contributed by atoms with E-state index in [2.05, 4.69) is 0 Å². The van der Waals surface area contributed by atoms with Crippen molar-refractivity contribution in [2.75, 3.05) is 19.3 Å². The molecule has 2 N–H and O–H groups in total. The van der Waals surface area contributed by atoms with E-state index in [1.807, 2.05) is 13.8 Å². The molecule has 0 aromatic rings. The van der Waals surface area contributed by atoms with Crippen LogP contribution < -0.4 is 5.73 Å². The van der Waals surface area contributed by atoms with Crippen molar-refractivity contribution >= 4 is 15.7 Å². The van der Waals surface area contributed by atoms with Crippen LogP contribution in [0.3, 0.4) is 0 Å². The number of piperidine rings is 1. The Kier molecular flexibility index (Phi) is 3.85. The fraction of sp³-hybridized carbons (Fsp3) is 0.917. The summed E-state index contributed by atoms with van der Waals surface area (Å²) in [5.74, 6) is -0.329. The minimum absolute atomic E-state index is 0.0443. The van der Waals surface area contributed by atoms with Crippen LogP contribution in [-0.2, 0) is 14.6 Å². The molecule has 0 aliphatic carbocycles. The number of nitrogens with zero attached hydrogens (tertiary/aromatic N) is 1. The Morgan fingerprint density at radius 3 is 2.28 bits per heavy atom. The van der Waals surface area contributed by atoms with Gasteiger partial charge in [0.2, 0.25) is 5.91 Å². The van der Waals surface area contributed by atoms with Gasteiger partial charge < -0.3 is 10.6 Å². The van der Waals surface area contributed by atoms with Gasteiger partial charge in [0, 0.05) is 25.4 Å². The Bertz CT molecular complexity index is 440. The van der Waals surface area contributed by atoms with Gasteiger partial charge in [-0.15, -0.1) is 0 Å². The third-order valence-electron chi connectivity index (χ3n) is 4.04. The van der Waals surface area contributed by atoms with Crippen molar-refractivity contribution in [2.45, 2.75) is 44.9 Å². The van der Waals surface area contributed by atoms with Gasteiger partial charge in [-0.05, 0) is 25.7 Å². The molecule has 1 fully saturated rings. The van der Waals surface area contributed by atoms with E-state index in [9.17, 15) is 13.2 Å². The monoisotopic (exact) mass is 276 g/mol. The number of carbonyl (C=O) groups is 1. The molecule has 6 heteroatoms. The summed E-state index contributed by atoms with van der Waals surface area (Å²) >= 11 is 0. The lowest BCUT2D eigenvalue weighted by Gasteiger charge is -2.44. The first kappa shape index (κ1) is 15.4. The van der Waals surface area contributed by atoms with Crippen LogP contribution in [0.5, 0.6) is 0 Å². The number of likely N-dealkylation sites (tertiary alicyclic amines) is 1. The van der Waals surface area contributed by atoms with Gasteiger partial charge in [0.15, 0.2) is 9.84 Å². The summed E-state index contributed by atoms with van der Waals surface area (Å²) in [6.45, 7) is 7.97. The molecule has 1 aliphatic heterocycles. The Hall–Kier alpha value is -0.620. The lowest BCUT2D eigenvalue weighted by atomic mass is 9.79. The minimum atomic E-state index is -3.42. The van der Waals surface area contributed by atoms with E-state index in [-0.39, 0.29) is 17.4 Å². The highest BCUT2D eigenvalue weighted by Gasteiger charge is 2.44. The second kappa shape index (κ2) is 4.49. The summed E-state index contributed by atoms with van der Waals surface area (Å²) in [4.78, 5) is 14.0. The smallest absolute Gasteiger partial charge is 0.243 e. The molecule has 0 saturated carbocycles. The molecular weight excluding hydrogens is 252 g/mol. The maximum atomic E-state index is 12.4. The number of carbonyl (C=O) groups excluding carboxylic acids is 1. The van der Waals surface area contributed by atoms with Crippen LogP contribution >= 0.6 is 0 Å². The van der Waals surface area contributed by atoms with Crippen LogP contribution in [0.2, 0.25) is 0 Å². The normalized spacial score (nSPS) is 25.0. The van der Waals surface area contributed by atoms with E-state index in [1.54, 1.807) is 4.90 Å². The molecule has 1 amide bonds. The quantitative estimate of drug-likeness (QED) is 0.791. The number of nitrogens with two attached hydrogens (primary N) is 1. The van der Waals surface area contributed by atoms with Crippen LogP contribution in [0.4, 0.5) is 0 Å². The molecule has 0 radical (unpaired) electrons. The van der Waals surface area contributed by atoms with Crippen molar-refractivity contribution in [1.29, 1.82) is 0 Å². The summed E-state index contributed by atoms with van der Waals surface area (Å²) in [5, 5.41) is 0. The van der Waals surface area contributed by atoms with E-state index >= 15 is 0 Å². The first-order valence-corrected chi connectivity index (χ1v) is 8.03. The van der Waals surface area contributed by atoms with Gasteiger partial charge in [0.25, 0.3) is 0 Å². The van der Waals surface area contributed by atoms with Crippen molar-refractivity contribution in [3.05, 3.63) is 0 Å². The highest BCUT2D eigenvalue weighted by atomic mass is 32.2. The molecule has 0 bridgehead atoms. The highest BCUT2D eigenvalue weighted by Crippen LogP contribution is 2.30. The van der Waals surface area contributed by atoms with Gasteiger partial charge in [-0.3, -0.25) is 4.79 Å². The van der Waals surface area contributed by atoms with E-state index in [1.165, 1.54) is 13.8 Å². The molecule has 106 valence electrons. The van der Waals surface area contributed by atoms with Crippen LogP contribution in [0.1, 0.15) is 34.1 Å². The zero-order valence-corrected chi connectivity index (χ0v) is 12.7. The third kappa shape index (κ3) is 2.69. The van der Waals surface area contributed by atoms with E-state index < -0.39 is 14.6 Å². The van der Waals surface area contributed by atoms with Crippen molar-refractivity contribution in [3.8, 4) is 0 Å². The zero-order valence-electron chi connectivity index (χ0n) is 11.9. The number of hydrogen-bond donors (Lipinski definition) is 1. The lowest BCUT2D eigenvalue weighted by Crippen LogP contribution is -2.58. The summed E-state index contributed by atoms with van der Waals surface area (Å²) in [6, 6.07) is 0.0443. The molecule has 5 nitrogen and oxygen atoms in total. The summed E-state index contributed by atoms with van der Waals surface area (Å²) in [7, 11) is -3.42. The Labute approximate surface area is 110 Å². The molecular formula is C12H24N2O3S. The molecule has 1 heterocycles. The van der Waals surface area contributed by atoms with Gasteiger partial charge in [-0.2, -0.15) is 0 Å². The second-order valence-electron chi connectivity index (χ2n) is 6.39. The van der Waals surface area contributed by atoms with Gasteiger partial charge in [0.05, 0.1) is 0 Å². The van der Waals surface area contributed by atoms with Crippen LogP contribution in [0.25, 0.3) is 0 Å². The van der Waals surface area contributed by atoms with Crippen molar-refractivity contribution in [3.63, 3.8) is 0 Å². The molecule has 1 saturated heterocycles. The zero-order chi connectivity index (χ0) is 14.4. The van der Waals surface area contributed by atoms with Gasteiger partial charge in [-0.1, -0.05) is 13.8 Å². The largest absolute Gasteiger partial charge is 0.341 e. The van der Waals surface area contributed by atoms with Gasteiger partial charge in [-0.25, -0.2) is 8.42 Å². The summed E-state index contributed by atoms with van der Waals surface area (Å²) < 4.78 is 22.0. The number of sulfone groups is 1. The minimum Gasteiger partial charge on any atom is -0.341 e. The fourth-order valence-electron chi connectivity index (χ4n) is 2.09. The van der Waals surface area contributed by atoms with Gasteiger partial charge in [0.1, 0.15) is 4.75 Å². The van der Waals surface area contributed by atoms with Crippen LogP contribution in [-0.4, -0.2) is 49.4 Å². The predicted octanol–water partition coefficient (Wildman–Crippen LogP) is 0.395. The topological polar surface area (TPSA) is 80.5 Å². The molecule has 1 aliphatic rings. The second-order valence-corrected chi connectivity index (χ2v) is 8.96. The molecule has 0 spiro atoms. The Morgan fingerprint density at radius 2 is 1.89 bits per heavy atom. The Balaban J connectivity index is 2.94. The lowest BCUT2D eigenvalue weighted by molar-refractivity contribution is -0.136. The predicted molar refractivity (Wildman–Crippen MR) is 71.9 cm³/mol. The van der Waals surface area contributed by atoms with Crippen molar-refractivity contribution < 1.29 is 13.2 Å². The van der Waals surface area contributed by atoms with E-state index in [0.717, 1.165) is 6.26 Å². The average molecular weight is 276 g/mol. The number of hydrogen-bond acceptors (Lipinski definition) is 4. The van der Waals surface area contributed by atoms with Crippen molar-refractivity contribution in [2.24, 2.45) is 11.1 Å². The third-order valence-corrected chi connectivity index (χ3v) is 6.07. The first-order chi connectivity index (χ1) is 7.89. The average Bonchev–Trinajstić information content (AvgIpc) is 2.19. The number of amides is 1. The highest BCUT2D eigenvalue weighted by molar-refractivity contribution is 7.92. The van der Waals surface area contributed by atoms with E-state index in [4.69, 9.17) is 5.73 Å². The molecule has 1 unspecified atom stereocenters. The summed E-state index contributed by atoms with van der Waals surface area (Å²) in [5.41, 5.74) is 5.83. The SMILES string of the molecule is CC1(C)CN(C(=O)C(C)(C)S(C)(=O)=O)CCC1N. The maximum Gasteiger partial charge on any atom is 0.243 e. The molecule has 1 rings (SSSR count). The molecule has 18 heavy (non-hydrogen) atoms. The number of rotatable bonds is 2. The summed E-state index contributed by atoms with van der Waals surface area (Å²) in [6.07, 6.45) is 1.81. The first-order valence-electron chi connectivity index (χ1n) is 6.14. The fourth-order valence-corrected chi connectivity index (χ4v) is 2.53. The molecule has 0 aromatic carbocycles. The standard InChI is InChI=1S/C12H24N2O3S/c1-11(2)8-14(7-6-9(11)13)10(15)12(3,4)18(5,16)17/h9H,6-8,13H2,1-5H3. The molecule has 1 atom stereocenters. The van der Waals surface area contributed by atoms with Crippen LogP contribution in [0, 0.1) is 5.41 Å². The molecule has 0 aromatic heterocycles. The van der Waals surface area contributed by atoms with Gasteiger partial charge >= 0.3 is 0 Å². The van der Waals surface area contributed by atoms with E-state index in [0.29, 0.717) is 19.5 Å².